The molecule has 12 rings (SSSR count). The van der Waals surface area contributed by atoms with Crippen LogP contribution in [-0.4, -0.2) is 4.57 Å². The van der Waals surface area contributed by atoms with Gasteiger partial charge in [-0.2, -0.15) is 0 Å². The van der Waals surface area contributed by atoms with E-state index in [4.69, 9.17) is 4.42 Å². The number of aromatic nitrogens is 1. The SMILES string of the molecule is C1=Cc2c(n(-c3ccccc3)c3ccc(-c4ccc5c(c4)-c4ccccc4C(c4ccc(-c6cccc7c6oc6c(-c8ccccc8)cccc67)cc4)CC5)cc23)CC1. The first kappa shape index (κ1) is 33.9. The summed E-state index contributed by atoms with van der Waals surface area (Å²) in [5.41, 5.74) is 21.1. The molecule has 0 N–H and O–H groups in total. The average Bonchev–Trinajstić information content (AvgIpc) is 3.80. The Bertz CT molecular complexity index is 3250. The molecule has 2 nitrogen and oxygen atoms in total. The van der Waals surface area contributed by atoms with Gasteiger partial charge in [-0.3, -0.25) is 0 Å². The first-order valence-corrected chi connectivity index (χ1v) is 21.0. The fraction of sp³-hybridized carbons (Fsp3) is 0.0877. The molecule has 0 aliphatic heterocycles. The van der Waals surface area contributed by atoms with Crippen molar-refractivity contribution in [2.75, 3.05) is 0 Å². The van der Waals surface area contributed by atoms with Crippen LogP contribution in [0, 0.1) is 0 Å². The molecule has 0 radical (unpaired) electrons. The van der Waals surface area contributed by atoms with Gasteiger partial charge in [-0.15, -0.1) is 0 Å². The van der Waals surface area contributed by atoms with E-state index in [9.17, 15) is 0 Å². The van der Waals surface area contributed by atoms with Crippen molar-refractivity contribution in [2.45, 2.75) is 31.6 Å². The van der Waals surface area contributed by atoms with Crippen molar-refractivity contribution in [3.8, 4) is 50.2 Å². The summed E-state index contributed by atoms with van der Waals surface area (Å²) in [6.07, 6.45) is 8.88. The molecular formula is C57H41NO. The van der Waals surface area contributed by atoms with Gasteiger partial charge >= 0.3 is 0 Å². The van der Waals surface area contributed by atoms with Crippen molar-refractivity contribution < 1.29 is 4.42 Å². The molecule has 2 aromatic heterocycles. The minimum absolute atomic E-state index is 0.291. The highest BCUT2D eigenvalue weighted by atomic mass is 16.3. The lowest BCUT2D eigenvalue weighted by Crippen LogP contribution is -2.02. The van der Waals surface area contributed by atoms with E-state index in [0.717, 1.165) is 64.3 Å². The van der Waals surface area contributed by atoms with Gasteiger partial charge in [0.1, 0.15) is 11.2 Å². The second kappa shape index (κ2) is 13.7. The molecule has 2 heterocycles. The molecule has 0 bridgehead atoms. The van der Waals surface area contributed by atoms with Crippen LogP contribution in [0.1, 0.15) is 46.7 Å². The molecule has 0 amide bonds. The summed E-state index contributed by atoms with van der Waals surface area (Å²) >= 11 is 0. The Hall–Kier alpha value is -7.16. The molecule has 10 aromatic rings. The maximum atomic E-state index is 6.77. The number of allylic oxidation sites excluding steroid dienone is 1. The molecule has 2 heteroatoms. The summed E-state index contributed by atoms with van der Waals surface area (Å²) in [5, 5.41) is 3.62. The lowest BCUT2D eigenvalue weighted by Gasteiger charge is -2.19. The topological polar surface area (TPSA) is 18.1 Å². The van der Waals surface area contributed by atoms with Crippen LogP contribution in [0.15, 0.2) is 192 Å². The number of aryl methyl sites for hydroxylation is 1. The Kier molecular flexibility index (Phi) is 7.91. The first-order chi connectivity index (χ1) is 29.3. The predicted molar refractivity (Wildman–Crippen MR) is 246 cm³/mol. The second-order valence-corrected chi connectivity index (χ2v) is 16.2. The lowest BCUT2D eigenvalue weighted by molar-refractivity contribution is 0.671. The number of nitrogens with zero attached hydrogens (tertiary/aromatic N) is 1. The zero-order valence-corrected chi connectivity index (χ0v) is 32.7. The van der Waals surface area contributed by atoms with Gasteiger partial charge in [0.25, 0.3) is 0 Å². The predicted octanol–water partition coefficient (Wildman–Crippen LogP) is 15.2. The van der Waals surface area contributed by atoms with Gasteiger partial charge < -0.3 is 8.98 Å². The van der Waals surface area contributed by atoms with Crippen LogP contribution in [0.4, 0.5) is 0 Å². The van der Waals surface area contributed by atoms with E-state index in [1.807, 2.05) is 0 Å². The van der Waals surface area contributed by atoms with Crippen LogP contribution < -0.4 is 0 Å². The highest BCUT2D eigenvalue weighted by Gasteiger charge is 2.25. The van der Waals surface area contributed by atoms with Crippen molar-refractivity contribution in [3.63, 3.8) is 0 Å². The number of rotatable bonds is 5. The van der Waals surface area contributed by atoms with Crippen molar-refractivity contribution in [2.24, 2.45) is 0 Å². The first-order valence-electron chi connectivity index (χ1n) is 21.0. The molecule has 1 atom stereocenters. The van der Waals surface area contributed by atoms with Gasteiger partial charge in [0, 0.05) is 50.1 Å². The normalized spacial score (nSPS) is 14.6. The minimum atomic E-state index is 0.291. The Morgan fingerprint density at radius 1 is 0.475 bits per heavy atom. The molecule has 2 aliphatic rings. The zero-order chi connectivity index (χ0) is 38.9. The Morgan fingerprint density at radius 2 is 1.12 bits per heavy atom. The standard InChI is InChI=1S/C57H41NO/c1-3-13-37(14-4-1)45-20-11-22-50-51-23-12-21-46(57(51)59-56(45)50)39-27-25-38(26-28-39)44-33-31-40-29-30-41(35-52(40)48-18-8-7-17-47(44)48)42-32-34-55-53(36-42)49-19-9-10-24-54(49)58(55)43-15-5-2-6-16-43/h1-9,11-23,25-30,32,34-36,44H,10,24,31,33H2. The lowest BCUT2D eigenvalue weighted by atomic mass is 9.85. The van der Waals surface area contributed by atoms with Crippen LogP contribution in [0.5, 0.6) is 0 Å². The van der Waals surface area contributed by atoms with Crippen molar-refractivity contribution in [1.29, 1.82) is 0 Å². The average molecular weight is 756 g/mol. The van der Waals surface area contributed by atoms with Gasteiger partial charge in [0.05, 0.1) is 5.52 Å². The van der Waals surface area contributed by atoms with Gasteiger partial charge in [0.15, 0.2) is 0 Å². The molecule has 0 saturated carbocycles. The van der Waals surface area contributed by atoms with Gasteiger partial charge in [-0.05, 0) is 106 Å². The summed E-state index contributed by atoms with van der Waals surface area (Å²) in [4.78, 5) is 0. The summed E-state index contributed by atoms with van der Waals surface area (Å²) in [5.74, 6) is 0.291. The number of furan rings is 1. The quantitative estimate of drug-likeness (QED) is 0.171. The fourth-order valence-corrected chi connectivity index (χ4v) is 10.1. The van der Waals surface area contributed by atoms with Crippen LogP contribution >= 0.6 is 0 Å². The molecule has 0 fully saturated rings. The molecular weight excluding hydrogens is 715 g/mol. The Morgan fingerprint density at radius 3 is 1.90 bits per heavy atom. The number of para-hydroxylation sites is 3. The van der Waals surface area contributed by atoms with Gasteiger partial charge in [0.2, 0.25) is 0 Å². The van der Waals surface area contributed by atoms with E-state index >= 15 is 0 Å². The van der Waals surface area contributed by atoms with E-state index in [2.05, 4.69) is 199 Å². The van der Waals surface area contributed by atoms with E-state index < -0.39 is 0 Å². The second-order valence-electron chi connectivity index (χ2n) is 16.2. The number of hydrogen-bond acceptors (Lipinski definition) is 1. The highest BCUT2D eigenvalue weighted by molar-refractivity contribution is 6.13. The van der Waals surface area contributed by atoms with Crippen LogP contribution in [0.3, 0.4) is 0 Å². The number of hydrogen-bond donors (Lipinski definition) is 0. The summed E-state index contributed by atoms with van der Waals surface area (Å²) < 4.78 is 9.24. The molecule has 1 unspecified atom stereocenters. The Balaban J connectivity index is 0.899. The van der Waals surface area contributed by atoms with E-state index in [1.165, 1.54) is 72.4 Å². The third-order valence-corrected chi connectivity index (χ3v) is 13.0. The third-order valence-electron chi connectivity index (χ3n) is 13.0. The van der Waals surface area contributed by atoms with Gasteiger partial charge in [-0.25, -0.2) is 0 Å². The maximum Gasteiger partial charge on any atom is 0.143 e. The maximum absolute atomic E-state index is 6.77. The highest BCUT2D eigenvalue weighted by Crippen LogP contribution is 2.45. The largest absolute Gasteiger partial charge is 0.455 e. The summed E-state index contributed by atoms with van der Waals surface area (Å²) in [6.45, 7) is 0. The third kappa shape index (κ3) is 5.55. The molecule has 280 valence electrons. The summed E-state index contributed by atoms with van der Waals surface area (Å²) in [6, 6.07) is 67.0. The van der Waals surface area contributed by atoms with Crippen molar-refractivity contribution in [3.05, 3.63) is 216 Å². The van der Waals surface area contributed by atoms with Crippen LogP contribution in [-0.2, 0) is 12.8 Å². The fourth-order valence-electron chi connectivity index (χ4n) is 10.1. The molecule has 0 spiro atoms. The van der Waals surface area contributed by atoms with E-state index in [-0.39, 0.29) is 0 Å². The van der Waals surface area contributed by atoms with Crippen LogP contribution in [0.25, 0.3) is 89.1 Å². The number of benzene rings is 8. The van der Waals surface area contributed by atoms with E-state index in [0.29, 0.717) is 5.92 Å². The smallest absolute Gasteiger partial charge is 0.143 e. The zero-order valence-electron chi connectivity index (χ0n) is 32.7. The van der Waals surface area contributed by atoms with Crippen LogP contribution in [0.2, 0.25) is 0 Å². The number of fused-ring (bicyclic) bond motifs is 9. The molecule has 8 aromatic carbocycles. The van der Waals surface area contributed by atoms with E-state index in [1.54, 1.807) is 0 Å². The monoisotopic (exact) mass is 755 g/mol. The molecule has 59 heavy (non-hydrogen) atoms. The molecule has 2 aliphatic carbocycles. The summed E-state index contributed by atoms with van der Waals surface area (Å²) in [7, 11) is 0. The Labute approximate surface area is 344 Å². The molecule has 0 saturated heterocycles. The van der Waals surface area contributed by atoms with Crippen molar-refractivity contribution in [1.82, 2.24) is 4.57 Å². The minimum Gasteiger partial charge on any atom is -0.455 e. The van der Waals surface area contributed by atoms with Gasteiger partial charge in [-0.1, -0.05) is 164 Å². The van der Waals surface area contributed by atoms with Crippen molar-refractivity contribution >= 4 is 38.9 Å².